The summed E-state index contributed by atoms with van der Waals surface area (Å²) in [6, 6.07) is 9.95. The Morgan fingerprint density at radius 3 is 2.67 bits per heavy atom. The second-order valence-corrected chi connectivity index (χ2v) is 7.76. The van der Waals surface area contributed by atoms with Gasteiger partial charge in [-0.3, -0.25) is 4.79 Å². The Bertz CT molecular complexity index is 1050. The average Bonchev–Trinajstić information content (AvgIpc) is 3.40. The molecule has 1 saturated heterocycles. The summed E-state index contributed by atoms with van der Waals surface area (Å²) in [5.41, 5.74) is 3.51. The number of nitrogens with zero attached hydrogens (tertiary/aromatic N) is 5. The number of aromatic nitrogens is 3. The van der Waals surface area contributed by atoms with Crippen LogP contribution in [0.2, 0.25) is 0 Å². The van der Waals surface area contributed by atoms with E-state index in [9.17, 15) is 4.79 Å². The third-order valence-corrected chi connectivity index (χ3v) is 5.46. The molecule has 7 nitrogen and oxygen atoms in total. The molecule has 0 aliphatic carbocycles. The molecule has 1 fully saturated rings. The van der Waals surface area contributed by atoms with Crippen LogP contribution in [0.5, 0.6) is 0 Å². The largest absolute Gasteiger partial charge is 0.435 e. The molecule has 156 valence electrons. The Morgan fingerprint density at radius 1 is 1.23 bits per heavy atom. The van der Waals surface area contributed by atoms with Crippen LogP contribution in [-0.2, 0) is 6.42 Å². The van der Waals surface area contributed by atoms with Crippen LogP contribution >= 0.6 is 0 Å². The molecule has 1 aromatic carbocycles. The van der Waals surface area contributed by atoms with Gasteiger partial charge in [-0.2, -0.15) is 0 Å². The van der Waals surface area contributed by atoms with E-state index in [0.29, 0.717) is 36.3 Å². The van der Waals surface area contributed by atoms with Crippen LogP contribution in [0.4, 0.5) is 5.95 Å². The van der Waals surface area contributed by atoms with E-state index in [1.807, 2.05) is 74.3 Å². The van der Waals surface area contributed by atoms with E-state index in [4.69, 9.17) is 9.40 Å². The number of benzene rings is 1. The molecule has 0 bridgehead atoms. The average molecular weight is 406 g/mol. The molecule has 1 atom stereocenters. The zero-order valence-corrected chi connectivity index (χ0v) is 17.9. The molecule has 3 heterocycles. The minimum Gasteiger partial charge on any atom is -0.435 e. The molecule has 0 saturated carbocycles. The number of hydrogen-bond acceptors (Lipinski definition) is 6. The smallest absolute Gasteiger partial charge is 0.292 e. The zero-order chi connectivity index (χ0) is 21.3. The third kappa shape index (κ3) is 3.67. The van der Waals surface area contributed by atoms with E-state index in [2.05, 4.69) is 9.97 Å². The second-order valence-electron chi connectivity index (χ2n) is 7.76. The Balaban J connectivity index is 1.77. The van der Waals surface area contributed by atoms with Crippen molar-refractivity contribution in [3.8, 4) is 11.1 Å². The van der Waals surface area contributed by atoms with Crippen molar-refractivity contribution in [2.75, 3.05) is 25.5 Å². The monoisotopic (exact) mass is 405 g/mol. The van der Waals surface area contributed by atoms with Gasteiger partial charge < -0.3 is 14.2 Å². The lowest BCUT2D eigenvalue weighted by molar-refractivity contribution is 0.0698. The summed E-state index contributed by atoms with van der Waals surface area (Å²) in [5.74, 6) is 1.44. The zero-order valence-electron chi connectivity index (χ0n) is 17.9. The third-order valence-electron chi connectivity index (χ3n) is 5.46. The standard InChI is InChI=1S/C23H27N5O2/c1-5-19-25-15(2)21(30-19)22(29)28-13-9-12-18(28)20-17(16-10-7-6-8-11-16)14-24-23(26-20)27(3)4/h6-8,10-11,14,18H,5,9,12-13H2,1-4H3/t18-/m0/s1. The van der Waals surface area contributed by atoms with Gasteiger partial charge in [-0.05, 0) is 25.3 Å². The maximum atomic E-state index is 13.4. The number of hydrogen-bond donors (Lipinski definition) is 0. The molecule has 1 aliphatic rings. The van der Waals surface area contributed by atoms with Crippen molar-refractivity contribution in [1.82, 2.24) is 19.9 Å². The number of carbonyl (C=O) groups is 1. The Labute approximate surface area is 176 Å². The van der Waals surface area contributed by atoms with Crippen molar-refractivity contribution in [1.29, 1.82) is 0 Å². The van der Waals surface area contributed by atoms with Gasteiger partial charge in [0.1, 0.15) is 0 Å². The maximum Gasteiger partial charge on any atom is 0.292 e. The highest BCUT2D eigenvalue weighted by molar-refractivity contribution is 5.93. The van der Waals surface area contributed by atoms with Crippen LogP contribution < -0.4 is 4.90 Å². The van der Waals surface area contributed by atoms with Crippen LogP contribution in [0.15, 0.2) is 40.9 Å². The molecule has 0 N–H and O–H groups in total. The summed E-state index contributed by atoms with van der Waals surface area (Å²) in [4.78, 5) is 30.9. The molecule has 0 radical (unpaired) electrons. The molecule has 1 aliphatic heterocycles. The number of amides is 1. The Hall–Kier alpha value is -3.22. The van der Waals surface area contributed by atoms with Crippen molar-refractivity contribution < 1.29 is 9.21 Å². The van der Waals surface area contributed by atoms with Crippen LogP contribution in [0.1, 0.15) is 53.6 Å². The van der Waals surface area contributed by atoms with E-state index in [1.54, 1.807) is 0 Å². The molecule has 1 amide bonds. The number of oxazole rings is 1. The van der Waals surface area contributed by atoms with Crippen LogP contribution in [-0.4, -0.2) is 46.4 Å². The molecule has 2 aromatic heterocycles. The fourth-order valence-corrected chi connectivity index (χ4v) is 3.92. The quantitative estimate of drug-likeness (QED) is 0.638. The minimum absolute atomic E-state index is 0.119. The predicted octanol–water partition coefficient (Wildman–Crippen LogP) is 4.05. The Kier molecular flexibility index (Phi) is 5.53. The van der Waals surface area contributed by atoms with Gasteiger partial charge in [-0.25, -0.2) is 15.0 Å². The number of anilines is 1. The summed E-state index contributed by atoms with van der Waals surface area (Å²) in [5, 5.41) is 0. The lowest BCUT2D eigenvalue weighted by Crippen LogP contribution is -2.32. The molecule has 7 heteroatoms. The fraction of sp³-hybridized carbons (Fsp3) is 0.391. The molecule has 0 spiro atoms. The van der Waals surface area contributed by atoms with Gasteiger partial charge in [0.15, 0.2) is 5.89 Å². The molecule has 3 aromatic rings. The highest BCUT2D eigenvalue weighted by Crippen LogP contribution is 2.38. The summed E-state index contributed by atoms with van der Waals surface area (Å²) in [6.45, 7) is 4.46. The minimum atomic E-state index is -0.135. The lowest BCUT2D eigenvalue weighted by Gasteiger charge is -2.26. The number of carbonyl (C=O) groups excluding carboxylic acids is 1. The first kappa shape index (κ1) is 20.1. The number of aryl methyl sites for hydroxylation is 2. The number of rotatable bonds is 5. The molecular formula is C23H27N5O2. The van der Waals surface area contributed by atoms with Gasteiger partial charge in [0.2, 0.25) is 11.7 Å². The van der Waals surface area contributed by atoms with Crippen LogP contribution in [0.3, 0.4) is 0 Å². The van der Waals surface area contributed by atoms with Crippen molar-refractivity contribution in [2.24, 2.45) is 0 Å². The summed E-state index contributed by atoms with van der Waals surface area (Å²) in [6.07, 6.45) is 4.29. The molecule has 30 heavy (non-hydrogen) atoms. The predicted molar refractivity (Wildman–Crippen MR) is 115 cm³/mol. The maximum absolute atomic E-state index is 13.4. The highest BCUT2D eigenvalue weighted by Gasteiger charge is 2.36. The highest BCUT2D eigenvalue weighted by atomic mass is 16.4. The first-order valence-corrected chi connectivity index (χ1v) is 10.4. The lowest BCUT2D eigenvalue weighted by atomic mass is 10.00. The topological polar surface area (TPSA) is 75.4 Å². The SMILES string of the molecule is CCc1nc(C)c(C(=O)N2CCC[C@H]2c2nc(N(C)C)ncc2-c2ccccc2)o1. The first-order chi connectivity index (χ1) is 14.5. The van der Waals surface area contributed by atoms with E-state index in [0.717, 1.165) is 29.7 Å². The van der Waals surface area contributed by atoms with E-state index >= 15 is 0 Å². The molecule has 0 unspecified atom stereocenters. The van der Waals surface area contributed by atoms with Gasteiger partial charge >= 0.3 is 0 Å². The molecular weight excluding hydrogens is 378 g/mol. The fourth-order valence-electron chi connectivity index (χ4n) is 3.92. The summed E-state index contributed by atoms with van der Waals surface area (Å²) in [7, 11) is 3.84. The van der Waals surface area contributed by atoms with Crippen LogP contribution in [0, 0.1) is 6.92 Å². The normalized spacial score (nSPS) is 16.1. The second kappa shape index (κ2) is 8.26. The van der Waals surface area contributed by atoms with Crippen LogP contribution in [0.25, 0.3) is 11.1 Å². The van der Waals surface area contributed by atoms with E-state index in [-0.39, 0.29) is 11.9 Å². The van der Waals surface area contributed by atoms with Gasteiger partial charge in [0.05, 0.1) is 17.4 Å². The number of likely N-dealkylation sites (tertiary alicyclic amines) is 1. The van der Waals surface area contributed by atoms with Crippen molar-refractivity contribution >= 4 is 11.9 Å². The summed E-state index contributed by atoms with van der Waals surface area (Å²) >= 11 is 0. The van der Waals surface area contributed by atoms with Gasteiger partial charge in [0.25, 0.3) is 5.91 Å². The van der Waals surface area contributed by atoms with E-state index in [1.165, 1.54) is 0 Å². The van der Waals surface area contributed by atoms with Crippen molar-refractivity contribution in [3.05, 3.63) is 59.6 Å². The van der Waals surface area contributed by atoms with Gasteiger partial charge in [-0.1, -0.05) is 37.3 Å². The van der Waals surface area contributed by atoms with E-state index < -0.39 is 0 Å². The molecule has 4 rings (SSSR count). The Morgan fingerprint density at radius 2 is 2.00 bits per heavy atom. The van der Waals surface area contributed by atoms with Gasteiger partial charge in [0, 0.05) is 38.8 Å². The van der Waals surface area contributed by atoms with Gasteiger partial charge in [-0.15, -0.1) is 0 Å². The summed E-state index contributed by atoms with van der Waals surface area (Å²) < 4.78 is 5.76. The first-order valence-electron chi connectivity index (χ1n) is 10.4. The van der Waals surface area contributed by atoms with Crippen molar-refractivity contribution in [2.45, 2.75) is 39.2 Å². The van der Waals surface area contributed by atoms with Crippen molar-refractivity contribution in [3.63, 3.8) is 0 Å².